The highest BCUT2D eigenvalue weighted by molar-refractivity contribution is 14.0. The highest BCUT2D eigenvalue weighted by Gasteiger charge is 2.12. The lowest BCUT2D eigenvalue weighted by Gasteiger charge is -2.30. The Hall–Kier alpha value is -1.55. The predicted molar refractivity (Wildman–Crippen MR) is 126 cm³/mol. The van der Waals surface area contributed by atoms with Gasteiger partial charge in [-0.1, -0.05) is 12.1 Å². The molecule has 0 saturated carbocycles. The maximum atomic E-state index is 10.8. The number of rotatable bonds is 11. The molecule has 0 aromatic heterocycles. The number of ether oxygens (including phenoxy) is 1. The molecule has 1 rings (SSSR count). The number of carbonyl (C=O) groups excluding carboxylic acids is 1. The highest BCUT2D eigenvalue weighted by atomic mass is 127. The van der Waals surface area contributed by atoms with E-state index in [0.717, 1.165) is 31.2 Å². The van der Waals surface area contributed by atoms with Crippen LogP contribution in [0.25, 0.3) is 0 Å². The molecule has 0 aliphatic carbocycles. The number of amides is 1. The average Bonchev–Trinajstić information content (AvgIpc) is 2.61. The topological polar surface area (TPSA) is 92.0 Å². The van der Waals surface area contributed by atoms with Crippen LogP contribution in [0.4, 0.5) is 0 Å². The largest absolute Gasteiger partial charge is 0.484 e. The first-order valence-corrected chi connectivity index (χ1v) is 9.61. The molecule has 0 aliphatic heterocycles. The molecule has 8 heteroatoms. The molecule has 1 aromatic carbocycles. The number of halogens is 1. The number of nitrogens with one attached hydrogen (secondary N) is 2. The fourth-order valence-corrected chi connectivity index (χ4v) is 2.82. The van der Waals surface area contributed by atoms with Crippen LogP contribution in [0.15, 0.2) is 29.3 Å². The monoisotopic (exact) mass is 505 g/mol. The van der Waals surface area contributed by atoms with E-state index in [1.54, 1.807) is 6.07 Å². The van der Waals surface area contributed by atoms with Gasteiger partial charge in [0.1, 0.15) is 5.75 Å². The Bertz CT molecular complexity index is 600. The zero-order valence-corrected chi connectivity index (χ0v) is 20.0. The van der Waals surface area contributed by atoms with Crippen LogP contribution < -0.4 is 21.1 Å². The van der Waals surface area contributed by atoms with Crippen molar-refractivity contribution in [3.63, 3.8) is 0 Å². The molecule has 4 N–H and O–H groups in total. The Balaban J connectivity index is 0.00000729. The van der Waals surface area contributed by atoms with Gasteiger partial charge < -0.3 is 21.1 Å². The predicted octanol–water partition coefficient (Wildman–Crippen LogP) is 2.34. The third-order valence-electron chi connectivity index (χ3n) is 4.03. The molecule has 0 atom stereocenters. The third kappa shape index (κ3) is 10.7. The summed E-state index contributed by atoms with van der Waals surface area (Å²) >= 11 is 0. The number of nitrogens with two attached hydrogens (primary N) is 1. The van der Waals surface area contributed by atoms with E-state index in [2.05, 4.69) is 48.2 Å². The van der Waals surface area contributed by atoms with Crippen LogP contribution in [0.1, 0.15) is 40.2 Å². The van der Waals surface area contributed by atoms with Gasteiger partial charge in [-0.25, -0.2) is 4.99 Å². The molecule has 0 heterocycles. The molecule has 1 amide bonds. The standard InChI is InChI=1S/C20H35N5O2.HI/c1-6-22-20(23-10-11-25(15(2)3)16(4)5)24-13-17-8-7-9-18(12-17)27-14-19(21)26;/h7-9,12,15-16H,6,10-11,13-14H2,1-5H3,(H2,21,26)(H2,22,23,24);1H. The van der Waals surface area contributed by atoms with Crippen molar-refractivity contribution in [2.75, 3.05) is 26.2 Å². The van der Waals surface area contributed by atoms with E-state index >= 15 is 0 Å². The van der Waals surface area contributed by atoms with E-state index in [0.29, 0.717) is 24.4 Å². The van der Waals surface area contributed by atoms with Gasteiger partial charge in [0.05, 0.1) is 6.54 Å². The Morgan fingerprint density at radius 3 is 2.46 bits per heavy atom. The van der Waals surface area contributed by atoms with Crippen molar-refractivity contribution in [1.29, 1.82) is 0 Å². The summed E-state index contributed by atoms with van der Waals surface area (Å²) in [4.78, 5) is 17.9. The van der Waals surface area contributed by atoms with E-state index in [9.17, 15) is 4.79 Å². The second kappa shape index (κ2) is 14.4. The van der Waals surface area contributed by atoms with E-state index in [4.69, 9.17) is 10.5 Å². The van der Waals surface area contributed by atoms with Crippen molar-refractivity contribution in [2.24, 2.45) is 10.7 Å². The third-order valence-corrected chi connectivity index (χ3v) is 4.03. The van der Waals surface area contributed by atoms with Crippen molar-refractivity contribution >= 4 is 35.8 Å². The first-order valence-electron chi connectivity index (χ1n) is 9.61. The van der Waals surface area contributed by atoms with E-state index in [1.807, 2.05) is 25.1 Å². The van der Waals surface area contributed by atoms with Gasteiger partial charge in [-0.2, -0.15) is 0 Å². The van der Waals surface area contributed by atoms with Gasteiger partial charge in [-0.05, 0) is 52.3 Å². The Morgan fingerprint density at radius 2 is 1.89 bits per heavy atom. The number of guanidine groups is 1. The molecule has 0 radical (unpaired) electrons. The Labute approximate surface area is 186 Å². The molecular formula is C20H36IN5O2. The summed E-state index contributed by atoms with van der Waals surface area (Å²) in [6.07, 6.45) is 0. The molecular weight excluding hydrogens is 469 g/mol. The van der Waals surface area contributed by atoms with Gasteiger partial charge in [0.25, 0.3) is 5.91 Å². The van der Waals surface area contributed by atoms with Gasteiger partial charge in [0.2, 0.25) is 0 Å². The molecule has 0 fully saturated rings. The normalized spacial score (nSPS) is 11.5. The van der Waals surface area contributed by atoms with Crippen LogP contribution in [-0.4, -0.2) is 55.1 Å². The first-order chi connectivity index (χ1) is 12.8. The molecule has 0 aliphatic rings. The van der Waals surface area contributed by atoms with Crippen molar-refractivity contribution in [2.45, 2.75) is 53.2 Å². The first kappa shape index (κ1) is 26.4. The number of aliphatic imine (C=N–C) groups is 1. The molecule has 28 heavy (non-hydrogen) atoms. The minimum Gasteiger partial charge on any atom is -0.484 e. The average molecular weight is 505 g/mol. The Kier molecular flexibility index (Phi) is 13.6. The Morgan fingerprint density at radius 1 is 1.21 bits per heavy atom. The second-order valence-corrected chi connectivity index (χ2v) is 6.95. The second-order valence-electron chi connectivity index (χ2n) is 6.95. The van der Waals surface area contributed by atoms with Crippen molar-refractivity contribution in [3.8, 4) is 5.75 Å². The fraction of sp³-hybridized carbons (Fsp3) is 0.600. The van der Waals surface area contributed by atoms with Crippen LogP contribution >= 0.6 is 24.0 Å². The van der Waals surface area contributed by atoms with Crippen molar-refractivity contribution < 1.29 is 9.53 Å². The summed E-state index contributed by atoms with van der Waals surface area (Å²) in [7, 11) is 0. The van der Waals surface area contributed by atoms with Crippen LogP contribution in [0.2, 0.25) is 0 Å². The summed E-state index contributed by atoms with van der Waals surface area (Å²) in [5.41, 5.74) is 6.11. The number of benzene rings is 1. The smallest absolute Gasteiger partial charge is 0.255 e. The van der Waals surface area contributed by atoms with Crippen molar-refractivity contribution in [1.82, 2.24) is 15.5 Å². The number of hydrogen-bond donors (Lipinski definition) is 3. The minimum atomic E-state index is -0.492. The number of nitrogens with zero attached hydrogens (tertiary/aromatic N) is 2. The van der Waals surface area contributed by atoms with Gasteiger partial charge in [0.15, 0.2) is 12.6 Å². The molecule has 1 aromatic rings. The maximum Gasteiger partial charge on any atom is 0.255 e. The molecule has 0 saturated heterocycles. The van der Waals surface area contributed by atoms with E-state index in [1.165, 1.54) is 0 Å². The maximum absolute atomic E-state index is 10.8. The number of primary amides is 1. The van der Waals surface area contributed by atoms with E-state index < -0.39 is 5.91 Å². The summed E-state index contributed by atoms with van der Waals surface area (Å²) < 4.78 is 5.34. The fourth-order valence-electron chi connectivity index (χ4n) is 2.82. The lowest BCUT2D eigenvalue weighted by atomic mass is 10.2. The van der Waals surface area contributed by atoms with E-state index in [-0.39, 0.29) is 30.6 Å². The SMILES string of the molecule is CCNC(=NCc1cccc(OCC(N)=O)c1)NCCN(C(C)C)C(C)C.I. The van der Waals surface area contributed by atoms with Crippen LogP contribution in [-0.2, 0) is 11.3 Å². The lowest BCUT2D eigenvalue weighted by molar-refractivity contribution is -0.119. The number of carbonyl (C=O) groups is 1. The van der Waals surface area contributed by atoms with Crippen LogP contribution in [0, 0.1) is 0 Å². The quantitative estimate of drug-likeness (QED) is 0.244. The summed E-state index contributed by atoms with van der Waals surface area (Å²) in [5.74, 6) is 0.909. The van der Waals surface area contributed by atoms with Gasteiger partial charge >= 0.3 is 0 Å². The zero-order chi connectivity index (χ0) is 20.2. The summed E-state index contributed by atoms with van der Waals surface area (Å²) in [6.45, 7) is 13.9. The molecule has 0 spiro atoms. The molecule has 7 nitrogen and oxygen atoms in total. The highest BCUT2D eigenvalue weighted by Crippen LogP contribution is 2.14. The molecule has 160 valence electrons. The van der Waals surface area contributed by atoms with Crippen LogP contribution in [0.5, 0.6) is 5.75 Å². The number of hydrogen-bond acceptors (Lipinski definition) is 4. The van der Waals surface area contributed by atoms with Gasteiger partial charge in [-0.15, -0.1) is 24.0 Å². The van der Waals surface area contributed by atoms with Crippen LogP contribution in [0.3, 0.4) is 0 Å². The molecule has 0 bridgehead atoms. The summed E-state index contributed by atoms with van der Waals surface area (Å²) in [5, 5.41) is 6.66. The van der Waals surface area contributed by atoms with Gasteiger partial charge in [0, 0.05) is 31.7 Å². The van der Waals surface area contributed by atoms with Gasteiger partial charge in [-0.3, -0.25) is 9.69 Å². The lowest BCUT2D eigenvalue weighted by Crippen LogP contribution is -2.45. The van der Waals surface area contributed by atoms with Crippen molar-refractivity contribution in [3.05, 3.63) is 29.8 Å². The zero-order valence-electron chi connectivity index (χ0n) is 17.7. The minimum absolute atomic E-state index is 0. The molecule has 0 unspecified atom stereocenters. The summed E-state index contributed by atoms with van der Waals surface area (Å²) in [6, 6.07) is 8.54.